The van der Waals surface area contributed by atoms with Crippen LogP contribution in [0.1, 0.15) is 0 Å². The first-order valence-electron chi connectivity index (χ1n) is 23.2. The summed E-state index contributed by atoms with van der Waals surface area (Å²) in [7, 11) is -2.74. The van der Waals surface area contributed by atoms with Crippen molar-refractivity contribution < 1.29 is 0 Å². The van der Waals surface area contributed by atoms with Crippen LogP contribution in [-0.2, 0) is 0 Å². The Balaban J connectivity index is 1.10. The lowest BCUT2D eigenvalue weighted by atomic mass is 9.99. The Kier molecular flexibility index (Phi) is 9.48. The van der Waals surface area contributed by atoms with Crippen molar-refractivity contribution in [3.8, 4) is 28.2 Å². The molecule has 0 spiro atoms. The normalized spacial score (nSPS) is 11.8. The molecule has 0 atom stereocenters. The first-order valence-corrected chi connectivity index (χ1v) is 25.2. The maximum Gasteiger partial charge on any atom is 0.179 e. The summed E-state index contributed by atoms with van der Waals surface area (Å²) >= 11 is 0. The van der Waals surface area contributed by atoms with Crippen molar-refractivity contribution in [1.82, 2.24) is 19.5 Å². The Labute approximate surface area is 394 Å². The Bertz CT molecular complexity index is 3950. The molecule has 13 aromatic rings. The van der Waals surface area contributed by atoms with Gasteiger partial charge in [-0.2, -0.15) is 0 Å². The van der Waals surface area contributed by atoms with Crippen LogP contribution in [0.25, 0.3) is 93.6 Å². The van der Waals surface area contributed by atoms with Crippen molar-refractivity contribution in [1.29, 1.82) is 0 Å². The van der Waals surface area contributed by atoms with Gasteiger partial charge in [0.25, 0.3) is 0 Å². The van der Waals surface area contributed by atoms with Gasteiger partial charge in [0.2, 0.25) is 0 Å². The molecule has 3 aromatic heterocycles. The Morgan fingerprint density at radius 3 is 1.31 bits per heavy atom. The maximum atomic E-state index is 5.40. The lowest BCUT2D eigenvalue weighted by molar-refractivity contribution is 1.18. The van der Waals surface area contributed by atoms with E-state index in [4.69, 9.17) is 15.0 Å². The average molecular weight is 883 g/mol. The lowest BCUT2D eigenvalue weighted by Gasteiger charge is -2.34. The van der Waals surface area contributed by atoms with Crippen LogP contribution >= 0.6 is 0 Å². The van der Waals surface area contributed by atoms with Gasteiger partial charge in [0.1, 0.15) is 0 Å². The minimum Gasteiger partial charge on any atom is -0.309 e. The molecule has 0 unspecified atom stereocenters. The molecule has 0 aliphatic heterocycles. The van der Waals surface area contributed by atoms with Gasteiger partial charge in [0.15, 0.2) is 25.2 Å². The number of fused-ring (bicyclic) bond motifs is 14. The second kappa shape index (κ2) is 16.3. The molecule has 318 valence electrons. The number of hydrogen-bond donors (Lipinski definition) is 0. The Morgan fingerprint density at radius 1 is 0.294 bits per heavy atom. The van der Waals surface area contributed by atoms with E-state index in [-0.39, 0.29) is 0 Å². The third-order valence-corrected chi connectivity index (χ3v) is 18.6. The second-order valence-corrected chi connectivity index (χ2v) is 21.3. The third-order valence-electron chi connectivity index (χ3n) is 13.8. The molecular formula is C63H42N4Si. The molecule has 0 aliphatic carbocycles. The summed E-state index contributed by atoms with van der Waals surface area (Å²) in [5, 5.41) is 13.9. The average Bonchev–Trinajstić information content (AvgIpc) is 3.76. The summed E-state index contributed by atoms with van der Waals surface area (Å²) in [6.45, 7) is 0. The maximum absolute atomic E-state index is 5.40. The summed E-state index contributed by atoms with van der Waals surface area (Å²) < 4.78 is 2.44. The van der Waals surface area contributed by atoms with E-state index < -0.39 is 8.07 Å². The van der Waals surface area contributed by atoms with Crippen LogP contribution in [0.3, 0.4) is 0 Å². The van der Waals surface area contributed by atoms with Gasteiger partial charge in [0, 0.05) is 38.2 Å². The van der Waals surface area contributed by atoms with Crippen molar-refractivity contribution in [3.05, 3.63) is 255 Å². The van der Waals surface area contributed by atoms with E-state index in [9.17, 15) is 0 Å². The number of hydrogen-bond acceptors (Lipinski definition) is 3. The highest BCUT2D eigenvalue weighted by molar-refractivity contribution is 7.19. The standard InChI is InChI=1S/C63H42N4Si/c1-6-20-43(21-7-1)45-36-39-54-58-41-46-40-57(60(58)67(59(54)42-45)47-22-8-2-9-23-47)53-31-17-19-33-56(53)63-65-61(64-62(66-63)55-32-18-16-30-52(46)55)44-34-37-51(38-35-44)68(48-24-10-3-11-25-48,49-26-12-4-13-27-49)50-28-14-5-15-29-50/h1-42H. The van der Waals surface area contributed by atoms with Crippen LogP contribution in [0.4, 0.5) is 0 Å². The molecule has 68 heavy (non-hydrogen) atoms. The highest BCUT2D eigenvalue weighted by Crippen LogP contribution is 2.41. The highest BCUT2D eigenvalue weighted by Gasteiger charge is 2.41. The first-order chi connectivity index (χ1) is 33.7. The summed E-state index contributed by atoms with van der Waals surface area (Å²) in [6, 6.07) is 92.4. The summed E-state index contributed by atoms with van der Waals surface area (Å²) in [5.41, 5.74) is 7.95. The molecule has 3 heterocycles. The van der Waals surface area contributed by atoms with Crippen LogP contribution in [0.2, 0.25) is 0 Å². The van der Waals surface area contributed by atoms with Crippen molar-refractivity contribution in [2.24, 2.45) is 0 Å². The topological polar surface area (TPSA) is 43.6 Å². The van der Waals surface area contributed by atoms with Crippen molar-refractivity contribution >= 4 is 94.2 Å². The molecule has 0 saturated carbocycles. The number of benzene rings is 10. The van der Waals surface area contributed by atoms with Crippen molar-refractivity contribution in [2.45, 2.75) is 0 Å². The van der Waals surface area contributed by atoms with Gasteiger partial charge in [0.05, 0.1) is 11.0 Å². The van der Waals surface area contributed by atoms with Crippen molar-refractivity contribution in [3.63, 3.8) is 0 Å². The molecule has 10 aromatic carbocycles. The minimum atomic E-state index is -2.74. The van der Waals surface area contributed by atoms with E-state index in [2.05, 4.69) is 259 Å². The van der Waals surface area contributed by atoms with Crippen LogP contribution in [0, 0.1) is 0 Å². The smallest absolute Gasteiger partial charge is 0.179 e. The number of rotatable bonds is 7. The molecule has 13 rings (SSSR count). The second-order valence-electron chi connectivity index (χ2n) is 17.5. The van der Waals surface area contributed by atoms with E-state index in [1.54, 1.807) is 0 Å². The molecular weight excluding hydrogens is 841 g/mol. The Morgan fingerprint density at radius 2 is 0.735 bits per heavy atom. The van der Waals surface area contributed by atoms with Crippen molar-refractivity contribution in [2.75, 3.05) is 0 Å². The van der Waals surface area contributed by atoms with Crippen LogP contribution < -0.4 is 20.7 Å². The first kappa shape index (κ1) is 39.6. The summed E-state index contributed by atoms with van der Waals surface area (Å²) in [6.07, 6.45) is 0. The van der Waals surface area contributed by atoms with Crippen LogP contribution in [0.15, 0.2) is 255 Å². The van der Waals surface area contributed by atoms with Crippen LogP contribution in [0.5, 0.6) is 0 Å². The zero-order chi connectivity index (χ0) is 45.0. The van der Waals surface area contributed by atoms with E-state index in [1.165, 1.54) is 42.6 Å². The summed E-state index contributed by atoms with van der Waals surface area (Å²) in [4.78, 5) is 16.1. The number of para-hydroxylation sites is 1. The molecule has 0 amide bonds. The molecule has 5 heteroatoms. The monoisotopic (exact) mass is 882 g/mol. The molecule has 0 saturated heterocycles. The van der Waals surface area contributed by atoms with Gasteiger partial charge >= 0.3 is 0 Å². The predicted molar refractivity (Wildman–Crippen MR) is 287 cm³/mol. The fourth-order valence-corrected chi connectivity index (χ4v) is 15.4. The summed E-state index contributed by atoms with van der Waals surface area (Å²) in [5.74, 6) is 0.633. The van der Waals surface area contributed by atoms with E-state index in [0.717, 1.165) is 54.6 Å². The van der Waals surface area contributed by atoms with E-state index in [0.29, 0.717) is 17.1 Å². The van der Waals surface area contributed by atoms with E-state index >= 15 is 0 Å². The third kappa shape index (κ3) is 6.39. The zero-order valence-electron chi connectivity index (χ0n) is 37.0. The minimum absolute atomic E-state index is 0.633. The molecule has 0 N–H and O–H groups in total. The molecule has 0 radical (unpaired) electrons. The van der Waals surface area contributed by atoms with Gasteiger partial charge in [-0.05, 0) is 78.4 Å². The highest BCUT2D eigenvalue weighted by atomic mass is 28.3. The number of nitrogens with zero attached hydrogens (tertiary/aromatic N) is 4. The van der Waals surface area contributed by atoms with Crippen LogP contribution in [-0.4, -0.2) is 27.6 Å². The largest absolute Gasteiger partial charge is 0.309 e. The van der Waals surface area contributed by atoms with E-state index in [1.807, 2.05) is 0 Å². The SMILES string of the molecule is c1ccc(-c2ccc3c4cc5cc(c6ccccc6c6nc(-c7ccc([Si](c8ccccc8)(c8ccccc8)c8ccccc8)cc7)nc(n6)c6ccccc56)c4n(-c4ccccc4)c3c2)cc1. The molecule has 4 nitrogen and oxygen atoms in total. The Hall–Kier alpha value is -8.77. The van der Waals surface area contributed by atoms with Gasteiger partial charge in [-0.1, -0.05) is 224 Å². The van der Waals surface area contributed by atoms with Gasteiger partial charge < -0.3 is 4.57 Å². The lowest BCUT2D eigenvalue weighted by Crippen LogP contribution is -2.74. The number of aromatic nitrogens is 4. The molecule has 4 bridgehead atoms. The fraction of sp³-hybridized carbons (Fsp3) is 0. The fourth-order valence-electron chi connectivity index (χ4n) is 10.7. The van der Waals surface area contributed by atoms with Gasteiger partial charge in [-0.15, -0.1) is 0 Å². The van der Waals surface area contributed by atoms with Gasteiger partial charge in [-0.25, -0.2) is 15.0 Å². The zero-order valence-corrected chi connectivity index (χ0v) is 38.0. The van der Waals surface area contributed by atoms with Gasteiger partial charge in [-0.3, -0.25) is 0 Å². The quantitative estimate of drug-likeness (QED) is 0.118. The predicted octanol–water partition coefficient (Wildman–Crippen LogP) is 12.9. The molecule has 0 aliphatic rings. The molecule has 0 fully saturated rings.